The molecule has 0 bridgehead atoms. The van der Waals surface area contributed by atoms with Crippen LogP contribution in [0.2, 0.25) is 0 Å². The lowest BCUT2D eigenvalue weighted by atomic mass is 10.00. The second-order valence-corrected chi connectivity index (χ2v) is 8.96. The molecule has 6 heteroatoms. The monoisotopic (exact) mass is 437 g/mol. The summed E-state index contributed by atoms with van der Waals surface area (Å²) in [4.78, 5) is 18.3. The molecule has 0 saturated carbocycles. The van der Waals surface area contributed by atoms with Crippen molar-refractivity contribution < 1.29 is 14.6 Å². The Bertz CT molecular complexity index is 903. The molecule has 1 fully saturated rings. The fourth-order valence-electron chi connectivity index (χ4n) is 4.71. The number of benzene rings is 2. The van der Waals surface area contributed by atoms with Crippen LogP contribution in [0.15, 0.2) is 48.5 Å². The third-order valence-electron chi connectivity index (χ3n) is 6.51. The highest BCUT2D eigenvalue weighted by atomic mass is 16.5. The van der Waals surface area contributed by atoms with Gasteiger partial charge in [-0.3, -0.25) is 14.6 Å². The highest BCUT2D eigenvalue weighted by molar-refractivity contribution is 5.73. The molecule has 2 aromatic rings. The van der Waals surface area contributed by atoms with Crippen molar-refractivity contribution in [1.29, 1.82) is 0 Å². The van der Waals surface area contributed by atoms with Gasteiger partial charge in [-0.2, -0.15) is 0 Å². The van der Waals surface area contributed by atoms with Gasteiger partial charge in [0.1, 0.15) is 18.5 Å². The van der Waals surface area contributed by atoms with Crippen LogP contribution in [-0.2, 0) is 24.3 Å². The molecule has 0 radical (unpaired) electrons. The second kappa shape index (κ2) is 10.9. The standard InChI is InChI=1S/C26H35N3O3/c1-21(30)29-13-6-12-27(15-16-29)18-24-9-4-5-10-26(24)32-20-25(31)19-28-14-11-22-7-2-3-8-23(22)17-28/h2-5,7-10,25,31H,6,11-20H2,1H3/t25-/m1/s1. The zero-order valence-electron chi connectivity index (χ0n) is 19.1. The van der Waals surface area contributed by atoms with Gasteiger partial charge in [-0.25, -0.2) is 0 Å². The van der Waals surface area contributed by atoms with Crippen LogP contribution in [0.5, 0.6) is 5.75 Å². The van der Waals surface area contributed by atoms with Crippen LogP contribution in [0, 0.1) is 0 Å². The van der Waals surface area contributed by atoms with Gasteiger partial charge >= 0.3 is 0 Å². The number of amides is 1. The third-order valence-corrected chi connectivity index (χ3v) is 6.51. The van der Waals surface area contributed by atoms with Crippen LogP contribution in [0.4, 0.5) is 0 Å². The summed E-state index contributed by atoms with van der Waals surface area (Å²) in [5.74, 6) is 0.991. The van der Waals surface area contributed by atoms with Gasteiger partial charge in [-0.1, -0.05) is 42.5 Å². The van der Waals surface area contributed by atoms with E-state index in [9.17, 15) is 9.90 Å². The molecule has 1 N–H and O–H groups in total. The van der Waals surface area contributed by atoms with Gasteiger partial charge in [0.05, 0.1) is 0 Å². The van der Waals surface area contributed by atoms with Gasteiger partial charge in [0.2, 0.25) is 5.91 Å². The molecule has 2 heterocycles. The number of carbonyl (C=O) groups is 1. The number of para-hydroxylation sites is 1. The summed E-state index contributed by atoms with van der Waals surface area (Å²) >= 11 is 0. The fourth-order valence-corrected chi connectivity index (χ4v) is 4.71. The number of hydrogen-bond donors (Lipinski definition) is 1. The maximum atomic E-state index is 11.7. The molecule has 1 atom stereocenters. The van der Waals surface area contributed by atoms with E-state index in [0.29, 0.717) is 6.54 Å². The quantitative estimate of drug-likeness (QED) is 0.722. The van der Waals surface area contributed by atoms with Crippen LogP contribution < -0.4 is 4.74 Å². The summed E-state index contributed by atoms with van der Waals surface area (Å²) in [5, 5.41) is 10.6. The number of rotatable bonds is 7. The largest absolute Gasteiger partial charge is 0.491 e. The van der Waals surface area contributed by atoms with Crippen molar-refractivity contribution in [1.82, 2.24) is 14.7 Å². The Morgan fingerprint density at radius 2 is 1.75 bits per heavy atom. The highest BCUT2D eigenvalue weighted by Gasteiger charge is 2.20. The van der Waals surface area contributed by atoms with E-state index in [-0.39, 0.29) is 12.5 Å². The number of fused-ring (bicyclic) bond motifs is 1. The van der Waals surface area contributed by atoms with Crippen LogP contribution >= 0.6 is 0 Å². The number of ether oxygens (including phenoxy) is 1. The Morgan fingerprint density at radius 1 is 0.969 bits per heavy atom. The van der Waals surface area contributed by atoms with Crippen LogP contribution in [0.1, 0.15) is 30.0 Å². The van der Waals surface area contributed by atoms with Gasteiger partial charge in [0.15, 0.2) is 0 Å². The van der Waals surface area contributed by atoms with Crippen molar-refractivity contribution in [2.75, 3.05) is 45.9 Å². The van der Waals surface area contributed by atoms with Gasteiger partial charge in [0, 0.05) is 64.8 Å². The van der Waals surface area contributed by atoms with Crippen LogP contribution in [0.25, 0.3) is 0 Å². The molecular weight excluding hydrogens is 402 g/mol. The Kier molecular flexibility index (Phi) is 7.79. The summed E-state index contributed by atoms with van der Waals surface area (Å²) < 4.78 is 6.07. The van der Waals surface area contributed by atoms with Crippen molar-refractivity contribution in [2.24, 2.45) is 0 Å². The van der Waals surface area contributed by atoms with E-state index < -0.39 is 6.10 Å². The summed E-state index contributed by atoms with van der Waals surface area (Å²) in [7, 11) is 0. The van der Waals surface area contributed by atoms with E-state index in [1.165, 1.54) is 11.1 Å². The molecule has 0 unspecified atom stereocenters. The number of aliphatic hydroxyl groups excluding tert-OH is 1. The zero-order valence-corrected chi connectivity index (χ0v) is 19.1. The molecule has 0 aliphatic carbocycles. The summed E-state index contributed by atoms with van der Waals surface area (Å²) in [5.41, 5.74) is 3.91. The zero-order chi connectivity index (χ0) is 22.3. The first kappa shape index (κ1) is 22.8. The lowest BCUT2D eigenvalue weighted by Gasteiger charge is -2.30. The van der Waals surface area contributed by atoms with Gasteiger partial charge in [-0.15, -0.1) is 0 Å². The first-order valence-corrected chi connectivity index (χ1v) is 11.7. The van der Waals surface area contributed by atoms with Crippen molar-refractivity contribution >= 4 is 5.91 Å². The fraction of sp³-hybridized carbons (Fsp3) is 0.500. The number of nitrogens with zero attached hydrogens (tertiary/aromatic N) is 3. The molecular formula is C26H35N3O3. The SMILES string of the molecule is CC(=O)N1CCCN(Cc2ccccc2OC[C@H](O)CN2CCc3ccccc3C2)CC1. The summed E-state index contributed by atoms with van der Waals surface area (Å²) in [6.07, 6.45) is 1.49. The Labute approximate surface area is 191 Å². The first-order valence-electron chi connectivity index (χ1n) is 11.7. The van der Waals surface area contributed by atoms with Crippen LogP contribution in [-0.4, -0.2) is 77.7 Å². The number of hydrogen-bond acceptors (Lipinski definition) is 5. The Morgan fingerprint density at radius 3 is 2.59 bits per heavy atom. The molecule has 0 aromatic heterocycles. The average Bonchev–Trinajstić information content (AvgIpc) is 3.04. The topological polar surface area (TPSA) is 56.3 Å². The molecule has 1 saturated heterocycles. The van der Waals surface area contributed by atoms with Crippen LogP contribution in [0.3, 0.4) is 0 Å². The molecule has 6 nitrogen and oxygen atoms in total. The number of carbonyl (C=O) groups excluding carboxylic acids is 1. The smallest absolute Gasteiger partial charge is 0.219 e. The van der Waals surface area contributed by atoms with E-state index in [1.807, 2.05) is 23.1 Å². The lowest BCUT2D eigenvalue weighted by Crippen LogP contribution is -2.38. The van der Waals surface area contributed by atoms with Gasteiger partial charge in [0.25, 0.3) is 0 Å². The molecule has 2 aliphatic rings. The van der Waals surface area contributed by atoms with Crippen molar-refractivity contribution in [3.05, 3.63) is 65.2 Å². The number of aliphatic hydroxyl groups is 1. The number of β-amino-alcohol motifs (C(OH)–C–C–N with tert-alkyl or cyclic N) is 1. The molecule has 2 aliphatic heterocycles. The first-order chi connectivity index (χ1) is 15.6. The summed E-state index contributed by atoms with van der Waals surface area (Å²) in [6, 6.07) is 16.6. The molecule has 0 spiro atoms. The minimum absolute atomic E-state index is 0.154. The second-order valence-electron chi connectivity index (χ2n) is 8.96. The highest BCUT2D eigenvalue weighted by Crippen LogP contribution is 2.22. The molecule has 4 rings (SSSR count). The maximum Gasteiger partial charge on any atom is 0.219 e. The minimum atomic E-state index is -0.532. The molecule has 32 heavy (non-hydrogen) atoms. The Hall–Kier alpha value is -2.41. The van der Waals surface area contributed by atoms with E-state index >= 15 is 0 Å². The lowest BCUT2D eigenvalue weighted by molar-refractivity contribution is -0.128. The predicted molar refractivity (Wildman–Crippen MR) is 126 cm³/mol. The van der Waals surface area contributed by atoms with E-state index in [2.05, 4.69) is 40.1 Å². The Balaban J connectivity index is 1.28. The van der Waals surface area contributed by atoms with E-state index in [0.717, 1.165) is 70.0 Å². The van der Waals surface area contributed by atoms with E-state index in [1.54, 1.807) is 6.92 Å². The van der Waals surface area contributed by atoms with Crippen molar-refractivity contribution in [2.45, 2.75) is 39.0 Å². The van der Waals surface area contributed by atoms with Crippen molar-refractivity contribution in [3.8, 4) is 5.75 Å². The maximum absolute atomic E-state index is 11.7. The minimum Gasteiger partial charge on any atom is -0.491 e. The van der Waals surface area contributed by atoms with Crippen molar-refractivity contribution in [3.63, 3.8) is 0 Å². The average molecular weight is 438 g/mol. The molecule has 1 amide bonds. The molecule has 2 aromatic carbocycles. The van der Waals surface area contributed by atoms with Gasteiger partial charge < -0.3 is 14.7 Å². The third kappa shape index (κ3) is 6.09. The summed E-state index contributed by atoms with van der Waals surface area (Å²) in [6.45, 7) is 8.63. The van der Waals surface area contributed by atoms with Gasteiger partial charge in [-0.05, 0) is 30.0 Å². The normalized spacial score (nSPS) is 18.6. The predicted octanol–water partition coefficient (Wildman–Crippen LogP) is 2.54. The molecule has 172 valence electrons. The van der Waals surface area contributed by atoms with E-state index in [4.69, 9.17) is 4.74 Å².